The molecule has 2 heterocycles. The van der Waals surface area contributed by atoms with Crippen molar-refractivity contribution in [3.63, 3.8) is 0 Å². The zero-order chi connectivity index (χ0) is 17.7. The number of nitrogens with zero attached hydrogens (tertiary/aromatic N) is 1. The summed E-state index contributed by atoms with van der Waals surface area (Å²) in [7, 11) is 0. The molecule has 0 spiro atoms. The minimum Gasteiger partial charge on any atom is -0.466 e. The molecule has 3 aromatic rings. The summed E-state index contributed by atoms with van der Waals surface area (Å²) in [6, 6.07) is 14.3. The summed E-state index contributed by atoms with van der Waals surface area (Å²) in [5, 5.41) is 19.5. The maximum Gasteiger partial charge on any atom is 0.315 e. The Bertz CT molecular complexity index is 810. The number of carbonyl (C=O) groups is 1. The number of urea groups is 1. The van der Waals surface area contributed by atoms with E-state index in [4.69, 9.17) is 8.94 Å². The number of aliphatic hydroxyl groups is 1. The third-order valence-electron chi connectivity index (χ3n) is 3.69. The molecule has 0 bridgehead atoms. The van der Waals surface area contributed by atoms with Crippen molar-refractivity contribution in [2.75, 3.05) is 6.54 Å². The number of hydrogen-bond donors (Lipinski definition) is 3. The third-order valence-corrected chi connectivity index (χ3v) is 3.69. The number of nitrogens with one attached hydrogen (secondary N) is 2. The molecule has 0 saturated heterocycles. The molecule has 1 unspecified atom stereocenters. The van der Waals surface area contributed by atoms with E-state index in [1.165, 1.54) is 6.26 Å². The molecule has 0 fully saturated rings. The lowest BCUT2D eigenvalue weighted by Gasteiger charge is -2.21. The number of amides is 2. The molecule has 0 aliphatic rings. The molecule has 3 rings (SSSR count). The summed E-state index contributed by atoms with van der Waals surface area (Å²) < 4.78 is 10.4. The van der Waals surface area contributed by atoms with Crippen LogP contribution < -0.4 is 10.6 Å². The van der Waals surface area contributed by atoms with Gasteiger partial charge in [0.2, 0.25) is 0 Å². The van der Waals surface area contributed by atoms with Crippen LogP contribution in [0.2, 0.25) is 0 Å². The highest BCUT2D eigenvalue weighted by molar-refractivity contribution is 5.73. The molecule has 0 aliphatic heterocycles. The van der Waals surface area contributed by atoms with Gasteiger partial charge in [-0.2, -0.15) is 0 Å². The van der Waals surface area contributed by atoms with Crippen molar-refractivity contribution in [2.45, 2.75) is 19.1 Å². The van der Waals surface area contributed by atoms with Gasteiger partial charge in [-0.1, -0.05) is 35.5 Å². The van der Waals surface area contributed by atoms with Crippen LogP contribution in [0.3, 0.4) is 0 Å². The number of rotatable bonds is 6. The van der Waals surface area contributed by atoms with Crippen LogP contribution in [-0.4, -0.2) is 22.8 Å². The van der Waals surface area contributed by atoms with Crippen LogP contribution in [0, 0.1) is 0 Å². The van der Waals surface area contributed by atoms with E-state index in [1.54, 1.807) is 25.1 Å². The van der Waals surface area contributed by atoms with Gasteiger partial charge in [0, 0.05) is 11.6 Å². The minimum absolute atomic E-state index is 0.0143. The van der Waals surface area contributed by atoms with Crippen LogP contribution >= 0.6 is 0 Å². The molecule has 25 heavy (non-hydrogen) atoms. The molecule has 7 nitrogen and oxygen atoms in total. The summed E-state index contributed by atoms with van der Waals surface area (Å²) in [5.74, 6) is 1.02. The molecule has 7 heteroatoms. The second-order valence-electron chi connectivity index (χ2n) is 5.84. The summed E-state index contributed by atoms with van der Waals surface area (Å²) in [5.41, 5.74) is 0.238. The smallest absolute Gasteiger partial charge is 0.315 e. The molecule has 130 valence electrons. The molecule has 1 atom stereocenters. The van der Waals surface area contributed by atoms with E-state index >= 15 is 0 Å². The van der Waals surface area contributed by atoms with Gasteiger partial charge in [0.15, 0.2) is 5.76 Å². The first-order chi connectivity index (χ1) is 12.0. The first-order valence-corrected chi connectivity index (χ1v) is 7.84. The first kappa shape index (κ1) is 16.8. The highest BCUT2D eigenvalue weighted by Gasteiger charge is 2.26. The first-order valence-electron chi connectivity index (χ1n) is 7.84. The van der Waals surface area contributed by atoms with Crippen molar-refractivity contribution in [1.82, 2.24) is 15.8 Å². The van der Waals surface area contributed by atoms with Crippen LogP contribution in [0.4, 0.5) is 4.79 Å². The van der Waals surface area contributed by atoms with Crippen molar-refractivity contribution >= 4 is 6.03 Å². The molecule has 1 aromatic carbocycles. The van der Waals surface area contributed by atoms with Gasteiger partial charge in [0.1, 0.15) is 17.1 Å². The quantitative estimate of drug-likeness (QED) is 0.640. The van der Waals surface area contributed by atoms with Crippen LogP contribution in [0.5, 0.6) is 0 Å². The SMILES string of the molecule is CC(O)(CNC(=O)NCc1cc(-c2ccccc2)on1)c1ccco1. The highest BCUT2D eigenvalue weighted by atomic mass is 16.5. The van der Waals surface area contributed by atoms with E-state index in [0.717, 1.165) is 5.56 Å². The van der Waals surface area contributed by atoms with E-state index in [1.807, 2.05) is 30.3 Å². The lowest BCUT2D eigenvalue weighted by Crippen LogP contribution is -2.43. The van der Waals surface area contributed by atoms with Crippen molar-refractivity contribution in [3.05, 3.63) is 66.2 Å². The van der Waals surface area contributed by atoms with Crippen LogP contribution in [0.15, 0.2) is 63.7 Å². The van der Waals surface area contributed by atoms with Gasteiger partial charge in [-0.15, -0.1) is 0 Å². The lowest BCUT2D eigenvalue weighted by molar-refractivity contribution is 0.0367. The largest absolute Gasteiger partial charge is 0.466 e. The van der Waals surface area contributed by atoms with Crippen molar-refractivity contribution in [3.8, 4) is 11.3 Å². The van der Waals surface area contributed by atoms with Crippen LogP contribution in [0.25, 0.3) is 11.3 Å². The molecule has 0 radical (unpaired) electrons. The lowest BCUT2D eigenvalue weighted by atomic mass is 10.0. The van der Waals surface area contributed by atoms with E-state index in [9.17, 15) is 9.90 Å². The average molecular weight is 341 g/mol. The predicted octanol–water partition coefficient (Wildman–Crippen LogP) is 2.64. The maximum atomic E-state index is 11.9. The molecular formula is C18H19N3O4. The van der Waals surface area contributed by atoms with Crippen molar-refractivity contribution < 1.29 is 18.8 Å². The van der Waals surface area contributed by atoms with Crippen molar-refractivity contribution in [2.24, 2.45) is 0 Å². The van der Waals surface area contributed by atoms with Crippen LogP contribution in [-0.2, 0) is 12.1 Å². The van der Waals surface area contributed by atoms with E-state index in [-0.39, 0.29) is 13.1 Å². The van der Waals surface area contributed by atoms with Gasteiger partial charge in [-0.05, 0) is 19.1 Å². The second kappa shape index (κ2) is 7.23. The standard InChI is InChI=1S/C18H19N3O4/c1-18(23,16-8-5-9-24-16)12-20-17(22)19-11-14-10-15(25-21-14)13-6-3-2-4-7-13/h2-10,23H,11-12H2,1H3,(H2,19,20,22). The van der Waals surface area contributed by atoms with Gasteiger partial charge < -0.3 is 24.7 Å². The molecule has 0 saturated carbocycles. The van der Waals surface area contributed by atoms with Gasteiger partial charge in [-0.25, -0.2) is 4.79 Å². The topological polar surface area (TPSA) is 101 Å². The zero-order valence-corrected chi connectivity index (χ0v) is 13.7. The average Bonchev–Trinajstić information content (AvgIpc) is 3.31. The van der Waals surface area contributed by atoms with E-state index in [0.29, 0.717) is 17.2 Å². The third kappa shape index (κ3) is 4.27. The highest BCUT2D eigenvalue weighted by Crippen LogP contribution is 2.20. The van der Waals surface area contributed by atoms with Crippen molar-refractivity contribution in [1.29, 1.82) is 0 Å². The fourth-order valence-corrected chi connectivity index (χ4v) is 2.29. The molecule has 0 aliphatic carbocycles. The molecule has 2 aromatic heterocycles. The number of aromatic nitrogens is 1. The number of benzene rings is 1. The summed E-state index contributed by atoms with van der Waals surface area (Å²) >= 11 is 0. The van der Waals surface area contributed by atoms with Gasteiger partial charge in [0.25, 0.3) is 0 Å². The second-order valence-corrected chi connectivity index (χ2v) is 5.84. The predicted molar refractivity (Wildman–Crippen MR) is 90.5 cm³/mol. The number of hydrogen-bond acceptors (Lipinski definition) is 5. The van der Waals surface area contributed by atoms with E-state index in [2.05, 4.69) is 15.8 Å². The Labute approximate surface area is 144 Å². The Balaban J connectivity index is 1.49. The van der Waals surface area contributed by atoms with Gasteiger partial charge in [-0.3, -0.25) is 0 Å². The Morgan fingerprint density at radius 1 is 1.20 bits per heavy atom. The monoisotopic (exact) mass is 341 g/mol. The van der Waals surface area contributed by atoms with Crippen LogP contribution in [0.1, 0.15) is 18.4 Å². The molecule has 2 amide bonds. The summed E-state index contributed by atoms with van der Waals surface area (Å²) in [4.78, 5) is 11.9. The van der Waals surface area contributed by atoms with Gasteiger partial charge in [0.05, 0.1) is 19.4 Å². The fraction of sp³-hybridized carbons (Fsp3) is 0.222. The Morgan fingerprint density at radius 3 is 2.72 bits per heavy atom. The number of furan rings is 1. The molecular weight excluding hydrogens is 322 g/mol. The maximum absolute atomic E-state index is 11.9. The summed E-state index contributed by atoms with van der Waals surface area (Å²) in [6.45, 7) is 1.79. The Kier molecular flexibility index (Phi) is 4.85. The van der Waals surface area contributed by atoms with E-state index < -0.39 is 11.6 Å². The fourth-order valence-electron chi connectivity index (χ4n) is 2.29. The normalized spacial score (nSPS) is 13.2. The Morgan fingerprint density at radius 2 is 2.00 bits per heavy atom. The summed E-state index contributed by atoms with van der Waals surface area (Å²) in [6.07, 6.45) is 1.47. The molecule has 3 N–H and O–H groups in total. The Hall–Kier alpha value is -3.06. The zero-order valence-electron chi connectivity index (χ0n) is 13.7. The number of carbonyl (C=O) groups excluding carboxylic acids is 1. The van der Waals surface area contributed by atoms with Gasteiger partial charge >= 0.3 is 6.03 Å². The minimum atomic E-state index is -1.28.